The third-order valence-corrected chi connectivity index (χ3v) is 3.12. The molecule has 0 heterocycles. The molecule has 2 unspecified atom stereocenters. The third kappa shape index (κ3) is 6.11. The Morgan fingerprint density at radius 1 is 1.23 bits per heavy atom. The smallest absolute Gasteiger partial charge is 0.308 e. The van der Waals surface area contributed by atoms with E-state index in [0.717, 1.165) is 0 Å². The van der Waals surface area contributed by atoms with Gasteiger partial charge in [0.2, 0.25) is 0 Å². The van der Waals surface area contributed by atoms with Crippen LogP contribution in [0.3, 0.4) is 0 Å². The van der Waals surface area contributed by atoms with Crippen molar-refractivity contribution in [2.24, 2.45) is 11.8 Å². The normalized spacial score (nSPS) is 13.5. The van der Waals surface area contributed by atoms with Gasteiger partial charge in [-0.05, 0) is 43.5 Å². The number of nitrogens with one attached hydrogen (secondary N) is 1. The number of hydrogen-bond donors (Lipinski definition) is 2. The minimum Gasteiger partial charge on any atom is -0.481 e. The monoisotopic (exact) mass is 311 g/mol. The zero-order valence-corrected chi connectivity index (χ0v) is 13.0. The lowest BCUT2D eigenvalue weighted by Crippen LogP contribution is -2.40. The fraction of sp³-hybridized carbons (Fsp3) is 0.500. The van der Waals surface area contributed by atoms with Crippen LogP contribution in [0, 0.1) is 17.7 Å². The topological polar surface area (TPSA) is 75.6 Å². The van der Waals surface area contributed by atoms with Crippen molar-refractivity contribution >= 4 is 11.9 Å². The highest BCUT2D eigenvalue weighted by Gasteiger charge is 2.22. The van der Waals surface area contributed by atoms with Gasteiger partial charge in [-0.2, -0.15) is 0 Å². The Hall–Kier alpha value is -2.11. The summed E-state index contributed by atoms with van der Waals surface area (Å²) in [5.41, 5.74) is 0. The summed E-state index contributed by atoms with van der Waals surface area (Å²) in [5, 5.41) is 11.7. The standard InChI is InChI=1S/C16H22FNO4/c1-10(2)8-12(16(20)21)9-18-15(19)11(3)22-14-6-4-13(17)5-7-14/h4-7,10-12H,8-9H2,1-3H3,(H,18,19)(H,20,21). The van der Waals surface area contributed by atoms with E-state index in [1.807, 2.05) is 13.8 Å². The van der Waals surface area contributed by atoms with Crippen LogP contribution < -0.4 is 10.1 Å². The maximum Gasteiger partial charge on any atom is 0.308 e. The van der Waals surface area contributed by atoms with E-state index in [-0.39, 0.29) is 18.3 Å². The lowest BCUT2D eigenvalue weighted by Gasteiger charge is -2.18. The van der Waals surface area contributed by atoms with Crippen LogP contribution in [0.15, 0.2) is 24.3 Å². The third-order valence-electron chi connectivity index (χ3n) is 3.12. The van der Waals surface area contributed by atoms with Crippen LogP contribution in [0.2, 0.25) is 0 Å². The number of amides is 1. The molecular weight excluding hydrogens is 289 g/mol. The van der Waals surface area contributed by atoms with Crippen molar-refractivity contribution in [3.05, 3.63) is 30.1 Å². The van der Waals surface area contributed by atoms with E-state index in [9.17, 15) is 14.0 Å². The van der Waals surface area contributed by atoms with Crippen molar-refractivity contribution in [3.63, 3.8) is 0 Å². The molecule has 0 radical (unpaired) electrons. The fourth-order valence-electron chi connectivity index (χ4n) is 1.98. The molecule has 0 saturated heterocycles. The van der Waals surface area contributed by atoms with Gasteiger partial charge in [0, 0.05) is 6.54 Å². The minimum atomic E-state index is -0.930. The Bertz CT molecular complexity index is 501. The average molecular weight is 311 g/mol. The number of hydrogen-bond acceptors (Lipinski definition) is 3. The Morgan fingerprint density at radius 3 is 2.32 bits per heavy atom. The Morgan fingerprint density at radius 2 is 1.82 bits per heavy atom. The van der Waals surface area contributed by atoms with Crippen molar-refractivity contribution in [1.82, 2.24) is 5.32 Å². The van der Waals surface area contributed by atoms with Crippen LogP contribution in [0.5, 0.6) is 5.75 Å². The number of benzene rings is 1. The molecule has 0 aliphatic carbocycles. The molecule has 0 fully saturated rings. The van der Waals surface area contributed by atoms with E-state index in [2.05, 4.69) is 5.32 Å². The molecule has 5 nitrogen and oxygen atoms in total. The fourth-order valence-corrected chi connectivity index (χ4v) is 1.98. The number of rotatable bonds is 8. The van der Waals surface area contributed by atoms with Crippen LogP contribution in [0.4, 0.5) is 4.39 Å². The van der Waals surface area contributed by atoms with Crippen LogP contribution in [0.25, 0.3) is 0 Å². The molecule has 0 spiro atoms. The zero-order valence-electron chi connectivity index (χ0n) is 13.0. The summed E-state index contributed by atoms with van der Waals surface area (Å²) in [6.07, 6.45) is -0.304. The van der Waals surface area contributed by atoms with Gasteiger partial charge < -0.3 is 15.2 Å². The highest BCUT2D eigenvalue weighted by molar-refractivity contribution is 5.81. The van der Waals surface area contributed by atoms with E-state index in [1.54, 1.807) is 6.92 Å². The molecule has 22 heavy (non-hydrogen) atoms. The van der Waals surface area contributed by atoms with Gasteiger partial charge in [-0.3, -0.25) is 9.59 Å². The van der Waals surface area contributed by atoms with Crippen LogP contribution in [0.1, 0.15) is 27.2 Å². The van der Waals surface area contributed by atoms with Gasteiger partial charge in [0.25, 0.3) is 5.91 Å². The predicted octanol–water partition coefficient (Wildman–Crippen LogP) is 2.46. The number of carboxylic acids is 1. The number of carbonyl (C=O) groups is 2. The molecule has 2 N–H and O–H groups in total. The quantitative estimate of drug-likeness (QED) is 0.773. The van der Waals surface area contributed by atoms with Gasteiger partial charge in [0.05, 0.1) is 5.92 Å². The van der Waals surface area contributed by atoms with Gasteiger partial charge in [-0.25, -0.2) is 4.39 Å². The number of halogens is 1. The van der Waals surface area contributed by atoms with Gasteiger partial charge in [-0.1, -0.05) is 13.8 Å². The Labute approximate surface area is 129 Å². The largest absolute Gasteiger partial charge is 0.481 e. The average Bonchev–Trinajstić information content (AvgIpc) is 2.44. The first-order valence-electron chi connectivity index (χ1n) is 7.22. The molecule has 1 amide bonds. The zero-order chi connectivity index (χ0) is 16.7. The van der Waals surface area contributed by atoms with E-state index in [0.29, 0.717) is 12.2 Å². The molecule has 6 heteroatoms. The molecule has 0 bridgehead atoms. The molecule has 1 aromatic carbocycles. The molecule has 0 aliphatic heterocycles. The van der Waals surface area contributed by atoms with Gasteiger partial charge >= 0.3 is 5.97 Å². The van der Waals surface area contributed by atoms with Gasteiger partial charge in [0.15, 0.2) is 6.10 Å². The second kappa shape index (κ2) is 8.36. The van der Waals surface area contributed by atoms with Crippen molar-refractivity contribution < 1.29 is 23.8 Å². The SMILES string of the molecule is CC(C)CC(CNC(=O)C(C)Oc1ccc(F)cc1)C(=O)O. The molecule has 1 rings (SSSR count). The van der Waals surface area contributed by atoms with Crippen LogP contribution in [-0.2, 0) is 9.59 Å². The predicted molar refractivity (Wildman–Crippen MR) is 80.1 cm³/mol. The lowest BCUT2D eigenvalue weighted by atomic mass is 9.97. The number of ether oxygens (including phenoxy) is 1. The second-order valence-corrected chi connectivity index (χ2v) is 5.62. The number of carboxylic acid groups (broad SMARTS) is 1. The lowest BCUT2D eigenvalue weighted by molar-refractivity contribution is -0.142. The summed E-state index contributed by atoms with van der Waals surface area (Å²) in [7, 11) is 0. The van der Waals surface area contributed by atoms with Crippen LogP contribution in [-0.4, -0.2) is 29.6 Å². The molecule has 0 aliphatic rings. The summed E-state index contributed by atoms with van der Waals surface area (Å²) in [4.78, 5) is 23.0. The number of carbonyl (C=O) groups excluding carboxylic acids is 1. The summed E-state index contributed by atoms with van der Waals surface area (Å²) in [6, 6.07) is 5.34. The summed E-state index contributed by atoms with van der Waals surface area (Å²) < 4.78 is 18.2. The summed E-state index contributed by atoms with van der Waals surface area (Å²) >= 11 is 0. The van der Waals surface area contributed by atoms with Gasteiger partial charge in [-0.15, -0.1) is 0 Å². The maximum atomic E-state index is 12.8. The molecule has 0 aromatic heterocycles. The van der Waals surface area contributed by atoms with Crippen molar-refractivity contribution in [2.75, 3.05) is 6.54 Å². The first-order chi connectivity index (χ1) is 10.3. The Kier molecular flexibility index (Phi) is 6.82. The second-order valence-electron chi connectivity index (χ2n) is 5.62. The van der Waals surface area contributed by atoms with E-state index >= 15 is 0 Å². The first-order valence-corrected chi connectivity index (χ1v) is 7.22. The van der Waals surface area contributed by atoms with Gasteiger partial charge in [0.1, 0.15) is 11.6 Å². The van der Waals surface area contributed by atoms with E-state index < -0.39 is 23.9 Å². The van der Waals surface area contributed by atoms with Crippen molar-refractivity contribution in [2.45, 2.75) is 33.3 Å². The van der Waals surface area contributed by atoms with E-state index in [4.69, 9.17) is 9.84 Å². The molecule has 2 atom stereocenters. The Balaban J connectivity index is 2.49. The minimum absolute atomic E-state index is 0.0590. The number of aliphatic carboxylic acids is 1. The molecule has 122 valence electrons. The highest BCUT2D eigenvalue weighted by atomic mass is 19.1. The molecule has 0 saturated carbocycles. The van der Waals surface area contributed by atoms with Crippen LogP contribution >= 0.6 is 0 Å². The van der Waals surface area contributed by atoms with Crippen molar-refractivity contribution in [3.8, 4) is 5.75 Å². The summed E-state index contributed by atoms with van der Waals surface area (Å²) in [5.74, 6) is -1.74. The molecular formula is C16H22FNO4. The van der Waals surface area contributed by atoms with Crippen molar-refractivity contribution in [1.29, 1.82) is 0 Å². The first kappa shape index (κ1) is 17.9. The molecule has 1 aromatic rings. The maximum absolute atomic E-state index is 12.8. The summed E-state index contributed by atoms with van der Waals surface area (Å²) in [6.45, 7) is 5.47. The highest BCUT2D eigenvalue weighted by Crippen LogP contribution is 2.14. The van der Waals surface area contributed by atoms with E-state index in [1.165, 1.54) is 24.3 Å².